The smallest absolute Gasteiger partial charge is 0.242 e. The molecule has 22 heavy (non-hydrogen) atoms. The molecule has 1 fully saturated rings. The van der Waals surface area contributed by atoms with Gasteiger partial charge in [-0.05, 0) is 36.6 Å². The van der Waals surface area contributed by atoms with Crippen molar-refractivity contribution < 1.29 is 14.7 Å². The predicted molar refractivity (Wildman–Crippen MR) is 86.6 cm³/mol. The average molecular weight is 324 g/mol. The Bertz CT molecular complexity index is 490. The molecule has 0 saturated carbocycles. The van der Waals surface area contributed by atoms with Crippen LogP contribution in [0.4, 0.5) is 0 Å². The van der Waals surface area contributed by atoms with Gasteiger partial charge in [0.1, 0.15) is 6.04 Å². The first kappa shape index (κ1) is 17.0. The fourth-order valence-corrected chi connectivity index (χ4v) is 3.41. The lowest BCUT2D eigenvalue weighted by Gasteiger charge is -2.24. The van der Waals surface area contributed by atoms with Crippen LogP contribution >= 0.6 is 11.3 Å². The Kier molecular flexibility index (Phi) is 6.39. The van der Waals surface area contributed by atoms with Gasteiger partial charge in [0.05, 0.1) is 6.42 Å². The number of carbonyl (C=O) groups is 2. The molecule has 0 spiro atoms. The summed E-state index contributed by atoms with van der Waals surface area (Å²) in [6.45, 7) is 3.33. The fourth-order valence-electron chi connectivity index (χ4n) is 2.72. The van der Waals surface area contributed by atoms with Crippen molar-refractivity contribution in [2.75, 3.05) is 19.7 Å². The normalized spacial score (nSPS) is 19.2. The Morgan fingerprint density at radius 1 is 1.55 bits per heavy atom. The second-order valence-corrected chi connectivity index (χ2v) is 6.90. The molecule has 2 atom stereocenters. The van der Waals surface area contributed by atoms with Gasteiger partial charge in [0, 0.05) is 24.6 Å². The summed E-state index contributed by atoms with van der Waals surface area (Å²) in [7, 11) is 0. The van der Waals surface area contributed by atoms with E-state index < -0.39 is 0 Å². The molecular formula is C16H24N2O3S. The highest BCUT2D eigenvalue weighted by Crippen LogP contribution is 2.20. The highest BCUT2D eigenvalue weighted by Gasteiger charge is 2.33. The van der Waals surface area contributed by atoms with E-state index in [0.717, 1.165) is 17.7 Å². The van der Waals surface area contributed by atoms with E-state index in [-0.39, 0.29) is 30.4 Å². The first-order chi connectivity index (χ1) is 10.6. The molecule has 1 saturated heterocycles. The molecule has 1 aromatic rings. The van der Waals surface area contributed by atoms with Gasteiger partial charge in [-0.25, -0.2) is 0 Å². The Morgan fingerprint density at radius 3 is 3.05 bits per heavy atom. The molecule has 0 aliphatic carbocycles. The maximum absolute atomic E-state index is 12.4. The van der Waals surface area contributed by atoms with Crippen molar-refractivity contribution >= 4 is 23.2 Å². The van der Waals surface area contributed by atoms with Gasteiger partial charge in [-0.3, -0.25) is 9.59 Å². The number of likely N-dealkylation sites (tertiary alicyclic amines) is 1. The molecule has 1 aromatic heterocycles. The second-order valence-electron chi connectivity index (χ2n) is 5.86. The minimum atomic E-state index is -0.339. The van der Waals surface area contributed by atoms with E-state index in [1.165, 1.54) is 0 Å². The lowest BCUT2D eigenvalue weighted by molar-refractivity contribution is -0.138. The van der Waals surface area contributed by atoms with E-state index in [2.05, 4.69) is 5.32 Å². The third kappa shape index (κ3) is 4.55. The Morgan fingerprint density at radius 2 is 2.36 bits per heavy atom. The number of carbonyl (C=O) groups excluding carboxylic acids is 2. The zero-order chi connectivity index (χ0) is 15.9. The monoisotopic (exact) mass is 324 g/mol. The number of rotatable bonds is 7. The Hall–Kier alpha value is -1.40. The standard InChI is InChI=1S/C16H24N2O3S/c1-12(6-8-19)11-17-16(21)14-5-2-7-18(14)15(20)10-13-4-3-9-22-13/h3-4,9,12,14,19H,2,5-8,10-11H2,1H3,(H,17,21). The summed E-state index contributed by atoms with van der Waals surface area (Å²) in [5.74, 6) is 0.205. The summed E-state index contributed by atoms with van der Waals surface area (Å²) >= 11 is 1.57. The van der Waals surface area contributed by atoms with Gasteiger partial charge < -0.3 is 15.3 Å². The maximum atomic E-state index is 12.4. The SMILES string of the molecule is CC(CCO)CNC(=O)C1CCCN1C(=O)Cc1cccs1. The van der Waals surface area contributed by atoms with Crippen molar-refractivity contribution in [3.8, 4) is 0 Å². The molecule has 5 nitrogen and oxygen atoms in total. The van der Waals surface area contributed by atoms with E-state index in [1.54, 1.807) is 16.2 Å². The zero-order valence-corrected chi connectivity index (χ0v) is 13.8. The topological polar surface area (TPSA) is 69.6 Å². The van der Waals surface area contributed by atoms with E-state index in [1.807, 2.05) is 24.4 Å². The molecule has 2 amide bonds. The van der Waals surface area contributed by atoms with Crippen LogP contribution in [0.2, 0.25) is 0 Å². The van der Waals surface area contributed by atoms with Gasteiger partial charge in [-0.1, -0.05) is 13.0 Å². The van der Waals surface area contributed by atoms with Gasteiger partial charge in [0.25, 0.3) is 0 Å². The molecule has 0 radical (unpaired) electrons. The number of amides is 2. The van der Waals surface area contributed by atoms with Crippen molar-refractivity contribution in [3.05, 3.63) is 22.4 Å². The maximum Gasteiger partial charge on any atom is 0.242 e. The van der Waals surface area contributed by atoms with Crippen LogP contribution in [0.3, 0.4) is 0 Å². The van der Waals surface area contributed by atoms with Gasteiger partial charge in [-0.2, -0.15) is 0 Å². The molecule has 1 aliphatic rings. The second kappa shape index (κ2) is 8.29. The number of aliphatic hydroxyl groups is 1. The van der Waals surface area contributed by atoms with E-state index in [9.17, 15) is 9.59 Å². The molecule has 1 aliphatic heterocycles. The van der Waals surface area contributed by atoms with Crippen molar-refractivity contribution in [1.29, 1.82) is 0 Å². The summed E-state index contributed by atoms with van der Waals surface area (Å²) in [5, 5.41) is 13.8. The fraction of sp³-hybridized carbons (Fsp3) is 0.625. The van der Waals surface area contributed by atoms with Crippen LogP contribution in [0.25, 0.3) is 0 Å². The van der Waals surface area contributed by atoms with Crippen LogP contribution in [0.1, 0.15) is 31.1 Å². The lowest BCUT2D eigenvalue weighted by atomic mass is 10.1. The molecule has 2 unspecified atom stereocenters. The minimum Gasteiger partial charge on any atom is -0.396 e. The van der Waals surface area contributed by atoms with Crippen LogP contribution in [0.5, 0.6) is 0 Å². The highest BCUT2D eigenvalue weighted by atomic mass is 32.1. The van der Waals surface area contributed by atoms with Crippen LogP contribution in [-0.4, -0.2) is 47.6 Å². The number of hydrogen-bond acceptors (Lipinski definition) is 4. The molecule has 2 heterocycles. The summed E-state index contributed by atoms with van der Waals surface area (Å²) in [6.07, 6.45) is 2.66. The Labute approximate surface area is 135 Å². The van der Waals surface area contributed by atoms with Crippen molar-refractivity contribution in [1.82, 2.24) is 10.2 Å². The molecule has 122 valence electrons. The van der Waals surface area contributed by atoms with E-state index >= 15 is 0 Å². The van der Waals surface area contributed by atoms with Crippen LogP contribution < -0.4 is 5.32 Å². The number of nitrogens with one attached hydrogen (secondary N) is 1. The summed E-state index contributed by atoms with van der Waals surface area (Å²) in [6, 6.07) is 3.54. The van der Waals surface area contributed by atoms with Gasteiger partial charge in [-0.15, -0.1) is 11.3 Å². The summed E-state index contributed by atoms with van der Waals surface area (Å²) in [4.78, 5) is 27.4. The molecule has 0 bridgehead atoms. The van der Waals surface area contributed by atoms with E-state index in [0.29, 0.717) is 25.9 Å². The molecule has 2 N–H and O–H groups in total. The van der Waals surface area contributed by atoms with Crippen LogP contribution in [0, 0.1) is 5.92 Å². The minimum absolute atomic E-state index is 0.0310. The number of nitrogens with zero attached hydrogens (tertiary/aromatic N) is 1. The Balaban J connectivity index is 1.86. The largest absolute Gasteiger partial charge is 0.396 e. The summed E-state index contributed by atoms with van der Waals surface area (Å²) in [5.41, 5.74) is 0. The number of hydrogen-bond donors (Lipinski definition) is 2. The van der Waals surface area contributed by atoms with Crippen molar-refractivity contribution in [2.45, 2.75) is 38.6 Å². The quantitative estimate of drug-likeness (QED) is 0.797. The van der Waals surface area contributed by atoms with Crippen molar-refractivity contribution in [2.24, 2.45) is 5.92 Å². The van der Waals surface area contributed by atoms with Gasteiger partial charge in [0.2, 0.25) is 11.8 Å². The summed E-state index contributed by atoms with van der Waals surface area (Å²) < 4.78 is 0. The van der Waals surface area contributed by atoms with E-state index in [4.69, 9.17) is 5.11 Å². The van der Waals surface area contributed by atoms with Crippen molar-refractivity contribution in [3.63, 3.8) is 0 Å². The average Bonchev–Trinajstić information content (AvgIpc) is 3.15. The first-order valence-electron chi connectivity index (χ1n) is 7.82. The van der Waals surface area contributed by atoms with Gasteiger partial charge in [0.15, 0.2) is 0 Å². The molecular weight excluding hydrogens is 300 g/mol. The van der Waals surface area contributed by atoms with Crippen LogP contribution in [-0.2, 0) is 16.0 Å². The first-order valence-corrected chi connectivity index (χ1v) is 8.70. The third-order valence-electron chi connectivity index (χ3n) is 4.03. The zero-order valence-electron chi connectivity index (χ0n) is 13.0. The third-order valence-corrected chi connectivity index (χ3v) is 4.90. The highest BCUT2D eigenvalue weighted by molar-refractivity contribution is 7.10. The predicted octanol–water partition coefficient (Wildman–Crippen LogP) is 1.42. The molecule has 6 heteroatoms. The molecule has 2 rings (SSSR count). The number of thiophene rings is 1. The molecule has 0 aromatic carbocycles. The number of aliphatic hydroxyl groups excluding tert-OH is 1. The lowest BCUT2D eigenvalue weighted by Crippen LogP contribution is -2.47. The van der Waals surface area contributed by atoms with Gasteiger partial charge >= 0.3 is 0 Å². The van der Waals surface area contributed by atoms with Crippen LogP contribution in [0.15, 0.2) is 17.5 Å².